The summed E-state index contributed by atoms with van der Waals surface area (Å²) in [6.07, 6.45) is 1.94. The van der Waals surface area contributed by atoms with E-state index in [0.29, 0.717) is 22.4 Å². The zero-order valence-corrected chi connectivity index (χ0v) is 12.2. The molecular weight excluding hydrogens is 295 g/mol. The van der Waals surface area contributed by atoms with Gasteiger partial charge in [-0.15, -0.1) is 0 Å². The van der Waals surface area contributed by atoms with Crippen LogP contribution in [0.25, 0.3) is 11.0 Å². The predicted octanol–water partition coefficient (Wildman–Crippen LogP) is 3.84. The van der Waals surface area contributed by atoms with Gasteiger partial charge >= 0.3 is 0 Å². The second kappa shape index (κ2) is 5.73. The van der Waals surface area contributed by atoms with Crippen LogP contribution in [0.1, 0.15) is 0 Å². The number of benzene rings is 2. The van der Waals surface area contributed by atoms with E-state index in [9.17, 15) is 0 Å². The van der Waals surface area contributed by atoms with Crippen LogP contribution in [-0.4, -0.2) is 11.6 Å². The maximum atomic E-state index is 6.06. The van der Waals surface area contributed by atoms with E-state index in [1.54, 1.807) is 18.2 Å². The Kier molecular flexibility index (Phi) is 3.81. The lowest BCUT2D eigenvalue weighted by molar-refractivity contribution is -0.671. The van der Waals surface area contributed by atoms with Gasteiger partial charge in [0.25, 0.3) is 0 Å². The predicted molar refractivity (Wildman–Crippen MR) is 80.5 cm³/mol. The van der Waals surface area contributed by atoms with E-state index in [2.05, 4.69) is 15.6 Å². The second-order valence-electron chi connectivity index (χ2n) is 4.41. The van der Waals surface area contributed by atoms with Gasteiger partial charge in [0.2, 0.25) is 6.33 Å². The summed E-state index contributed by atoms with van der Waals surface area (Å²) >= 11 is 11.9. The van der Waals surface area contributed by atoms with E-state index in [1.165, 1.54) is 0 Å². The molecule has 0 radical (unpaired) electrons. The molecule has 0 aliphatic heterocycles. The first-order chi connectivity index (χ1) is 9.74. The number of nitrogens with zero attached hydrogens (tertiary/aromatic N) is 1. The summed E-state index contributed by atoms with van der Waals surface area (Å²) < 4.78 is 7.80. The third-order valence-electron chi connectivity index (χ3n) is 3.07. The van der Waals surface area contributed by atoms with Crippen molar-refractivity contribution >= 4 is 34.2 Å². The third-order valence-corrected chi connectivity index (χ3v) is 3.60. The van der Waals surface area contributed by atoms with Gasteiger partial charge in [-0.3, -0.25) is 0 Å². The Morgan fingerprint density at radius 1 is 1.10 bits per heavy atom. The number of rotatable bonds is 4. The zero-order valence-electron chi connectivity index (χ0n) is 10.6. The highest BCUT2D eigenvalue weighted by Crippen LogP contribution is 2.27. The van der Waals surface area contributed by atoms with Crippen LogP contribution in [0, 0.1) is 0 Å². The normalized spacial score (nSPS) is 10.9. The number of aromatic amines is 1. The van der Waals surface area contributed by atoms with Crippen molar-refractivity contribution in [2.24, 2.45) is 0 Å². The van der Waals surface area contributed by atoms with E-state index in [0.717, 1.165) is 17.6 Å². The number of fused-ring (bicyclic) bond motifs is 1. The quantitative estimate of drug-likeness (QED) is 0.729. The molecule has 5 heteroatoms. The summed E-state index contributed by atoms with van der Waals surface area (Å²) in [5.74, 6) is 0.650. The van der Waals surface area contributed by atoms with Crippen molar-refractivity contribution in [1.29, 1.82) is 0 Å². The molecule has 0 saturated heterocycles. The number of hydrogen-bond acceptors (Lipinski definition) is 1. The van der Waals surface area contributed by atoms with Crippen LogP contribution in [0.3, 0.4) is 0 Å². The largest absolute Gasteiger partial charge is 0.488 e. The van der Waals surface area contributed by atoms with Crippen LogP contribution < -0.4 is 9.30 Å². The fourth-order valence-electron chi connectivity index (χ4n) is 2.09. The fourth-order valence-corrected chi connectivity index (χ4v) is 2.56. The summed E-state index contributed by atoms with van der Waals surface area (Å²) in [5, 5.41) is 1.13. The molecule has 2 aromatic carbocycles. The molecule has 0 spiro atoms. The molecular formula is C15H13Cl2N2O+. The van der Waals surface area contributed by atoms with Gasteiger partial charge in [-0.05, 0) is 30.3 Å². The first-order valence-corrected chi connectivity index (χ1v) is 7.03. The summed E-state index contributed by atoms with van der Waals surface area (Å²) in [6.45, 7) is 1.27. The molecule has 102 valence electrons. The highest BCUT2D eigenvalue weighted by molar-refractivity contribution is 6.35. The number of imidazole rings is 1. The monoisotopic (exact) mass is 307 g/mol. The summed E-state index contributed by atoms with van der Waals surface area (Å²) in [4.78, 5) is 3.22. The molecule has 3 rings (SSSR count). The van der Waals surface area contributed by atoms with Gasteiger partial charge in [-0.1, -0.05) is 35.3 Å². The first-order valence-electron chi connectivity index (χ1n) is 6.27. The van der Waals surface area contributed by atoms with Crippen LogP contribution in [-0.2, 0) is 6.54 Å². The molecule has 0 bridgehead atoms. The van der Waals surface area contributed by atoms with Crippen LogP contribution in [0.2, 0.25) is 10.0 Å². The lowest BCUT2D eigenvalue weighted by Gasteiger charge is -2.07. The maximum Gasteiger partial charge on any atom is 0.242 e. The minimum absolute atomic E-state index is 0.529. The minimum atomic E-state index is 0.529. The van der Waals surface area contributed by atoms with Crippen LogP contribution in [0.15, 0.2) is 48.8 Å². The number of para-hydroxylation sites is 2. The Morgan fingerprint density at radius 2 is 1.95 bits per heavy atom. The SMILES string of the molecule is Clc1ccc(OCC[n+]2c[nH]c3ccccc32)c(Cl)c1. The van der Waals surface area contributed by atoms with E-state index >= 15 is 0 Å². The van der Waals surface area contributed by atoms with Gasteiger partial charge in [0.05, 0.1) is 5.02 Å². The van der Waals surface area contributed by atoms with Gasteiger partial charge < -0.3 is 4.74 Å². The van der Waals surface area contributed by atoms with Gasteiger partial charge in [-0.25, -0.2) is 9.55 Å². The molecule has 0 fully saturated rings. The van der Waals surface area contributed by atoms with Crippen molar-refractivity contribution in [3.63, 3.8) is 0 Å². The Hall–Kier alpha value is -1.71. The van der Waals surface area contributed by atoms with Gasteiger partial charge in [0.1, 0.15) is 18.9 Å². The fraction of sp³-hybridized carbons (Fsp3) is 0.133. The molecule has 3 nitrogen and oxygen atoms in total. The highest BCUT2D eigenvalue weighted by atomic mass is 35.5. The number of nitrogens with one attached hydrogen (secondary N) is 1. The van der Waals surface area contributed by atoms with E-state index < -0.39 is 0 Å². The topological polar surface area (TPSA) is 28.9 Å². The van der Waals surface area contributed by atoms with E-state index in [4.69, 9.17) is 27.9 Å². The Bertz CT molecular complexity index is 740. The molecule has 0 aliphatic carbocycles. The molecule has 20 heavy (non-hydrogen) atoms. The lowest BCUT2D eigenvalue weighted by Crippen LogP contribution is -2.35. The molecule has 0 saturated carbocycles. The van der Waals surface area contributed by atoms with Gasteiger partial charge in [-0.2, -0.15) is 0 Å². The molecule has 0 aliphatic rings. The summed E-state index contributed by atoms with van der Waals surface area (Å²) in [5.41, 5.74) is 2.26. The number of hydrogen-bond donors (Lipinski definition) is 1. The highest BCUT2D eigenvalue weighted by Gasteiger charge is 2.09. The first kappa shape index (κ1) is 13.3. The Morgan fingerprint density at radius 3 is 2.80 bits per heavy atom. The maximum absolute atomic E-state index is 6.06. The van der Waals surface area contributed by atoms with Crippen LogP contribution in [0.4, 0.5) is 0 Å². The summed E-state index contributed by atoms with van der Waals surface area (Å²) in [7, 11) is 0. The number of H-pyrrole nitrogens is 1. The molecule has 0 unspecified atom stereocenters. The van der Waals surface area contributed by atoms with Crippen LogP contribution in [0.5, 0.6) is 5.75 Å². The smallest absolute Gasteiger partial charge is 0.242 e. The minimum Gasteiger partial charge on any atom is -0.488 e. The second-order valence-corrected chi connectivity index (χ2v) is 5.25. The molecule has 1 aromatic heterocycles. The standard InChI is InChI=1S/C15H12Cl2N2O/c16-11-5-6-15(12(17)9-11)20-8-7-19-10-18-13-3-1-2-4-14(13)19/h1-6,9-10H,7-8H2/p+1. The Labute approximate surface area is 126 Å². The lowest BCUT2D eigenvalue weighted by atomic mass is 10.3. The molecule has 0 amide bonds. The number of ether oxygens (including phenoxy) is 1. The van der Waals surface area contributed by atoms with E-state index in [1.807, 2.05) is 24.5 Å². The van der Waals surface area contributed by atoms with Crippen molar-refractivity contribution in [1.82, 2.24) is 4.98 Å². The molecule has 3 aromatic rings. The van der Waals surface area contributed by atoms with Gasteiger partial charge in [0.15, 0.2) is 11.0 Å². The van der Waals surface area contributed by atoms with Crippen molar-refractivity contribution in [2.75, 3.05) is 6.61 Å². The van der Waals surface area contributed by atoms with E-state index in [-0.39, 0.29) is 0 Å². The van der Waals surface area contributed by atoms with Crippen molar-refractivity contribution in [2.45, 2.75) is 6.54 Å². The van der Waals surface area contributed by atoms with Gasteiger partial charge in [0, 0.05) is 5.02 Å². The molecule has 1 N–H and O–H groups in total. The summed E-state index contributed by atoms with van der Waals surface area (Å²) in [6, 6.07) is 13.4. The average Bonchev–Trinajstić information content (AvgIpc) is 2.85. The number of aromatic nitrogens is 2. The Balaban J connectivity index is 1.68. The molecule has 1 heterocycles. The average molecular weight is 308 g/mol. The third kappa shape index (κ3) is 2.74. The molecule has 0 atom stereocenters. The number of halogens is 2. The zero-order chi connectivity index (χ0) is 13.9. The van der Waals surface area contributed by atoms with Crippen LogP contribution >= 0.6 is 23.2 Å². The van der Waals surface area contributed by atoms with Crippen molar-refractivity contribution in [3.05, 3.63) is 58.8 Å². The van der Waals surface area contributed by atoms with Crippen molar-refractivity contribution < 1.29 is 9.30 Å². The van der Waals surface area contributed by atoms with Crippen molar-refractivity contribution in [3.8, 4) is 5.75 Å².